The lowest BCUT2D eigenvalue weighted by Gasteiger charge is -2.12. The lowest BCUT2D eigenvalue weighted by atomic mass is 10.1. The van der Waals surface area contributed by atoms with Crippen molar-refractivity contribution in [1.82, 2.24) is 9.29 Å². The second-order valence-electron chi connectivity index (χ2n) is 5.69. The first-order valence-electron chi connectivity index (χ1n) is 7.46. The number of aliphatic hydroxyl groups excluding tert-OH is 1. The molecule has 0 aliphatic heterocycles. The third-order valence-corrected chi connectivity index (χ3v) is 5.30. The second-order valence-corrected chi connectivity index (χ2v) is 7.45. The van der Waals surface area contributed by atoms with E-state index in [0.29, 0.717) is 11.6 Å². The quantitative estimate of drug-likeness (QED) is 0.729. The molecule has 0 aliphatic rings. The van der Waals surface area contributed by atoms with Gasteiger partial charge in [-0.05, 0) is 18.2 Å². The van der Waals surface area contributed by atoms with Crippen LogP contribution in [0.1, 0.15) is 11.7 Å². The zero-order chi connectivity index (χ0) is 18.2. The highest BCUT2D eigenvalue weighted by atomic mass is 32.2. The van der Waals surface area contributed by atoms with Gasteiger partial charge < -0.3 is 9.67 Å². The van der Waals surface area contributed by atoms with Crippen LogP contribution < -0.4 is 4.72 Å². The highest BCUT2D eigenvalue weighted by Gasteiger charge is 2.20. The molecule has 1 heterocycles. The number of hydrogen-bond acceptors (Lipinski definition) is 3. The summed E-state index contributed by atoms with van der Waals surface area (Å²) in [5.74, 6) is -1.98. The molecule has 25 heavy (non-hydrogen) atoms. The van der Waals surface area contributed by atoms with Crippen molar-refractivity contribution in [2.45, 2.75) is 11.0 Å². The van der Waals surface area contributed by atoms with Crippen LogP contribution in [0.2, 0.25) is 0 Å². The molecule has 1 unspecified atom stereocenters. The first-order valence-corrected chi connectivity index (χ1v) is 8.94. The van der Waals surface area contributed by atoms with Gasteiger partial charge in [0.05, 0.1) is 11.0 Å². The van der Waals surface area contributed by atoms with Gasteiger partial charge in [-0.15, -0.1) is 0 Å². The third kappa shape index (κ3) is 3.55. The monoisotopic (exact) mass is 366 g/mol. The van der Waals surface area contributed by atoms with Crippen LogP contribution in [0.4, 0.5) is 8.78 Å². The van der Waals surface area contributed by atoms with E-state index in [0.717, 1.165) is 23.0 Å². The van der Waals surface area contributed by atoms with Crippen molar-refractivity contribution in [1.29, 1.82) is 0 Å². The van der Waals surface area contributed by atoms with Crippen LogP contribution >= 0.6 is 0 Å². The number of aliphatic hydroxyl groups is 1. The van der Waals surface area contributed by atoms with Crippen molar-refractivity contribution in [3.8, 4) is 0 Å². The Hall–Kier alpha value is -2.29. The number of aromatic nitrogens is 1. The SMILES string of the molecule is Cn1cc(C(O)CNS(=O)(=O)c2cc(F)cc(F)c2)c2ccccc21. The molecule has 2 aromatic carbocycles. The van der Waals surface area contributed by atoms with E-state index < -0.39 is 32.7 Å². The molecule has 132 valence electrons. The van der Waals surface area contributed by atoms with Crippen molar-refractivity contribution in [2.75, 3.05) is 6.54 Å². The molecular formula is C17H16F2N2O3S. The van der Waals surface area contributed by atoms with Gasteiger partial charge in [0.2, 0.25) is 10.0 Å². The molecule has 0 bridgehead atoms. The first-order chi connectivity index (χ1) is 11.8. The molecule has 0 aliphatic carbocycles. The minimum Gasteiger partial charge on any atom is -0.387 e. The highest BCUT2D eigenvalue weighted by molar-refractivity contribution is 7.89. The summed E-state index contributed by atoms with van der Waals surface area (Å²) in [6.07, 6.45) is 0.602. The predicted octanol–water partition coefficient (Wildman–Crippen LogP) is 2.47. The molecule has 3 rings (SSSR count). The van der Waals surface area contributed by atoms with Gasteiger partial charge >= 0.3 is 0 Å². The number of para-hydroxylation sites is 1. The molecular weight excluding hydrogens is 350 g/mol. The Bertz CT molecular complexity index is 1010. The van der Waals surface area contributed by atoms with E-state index >= 15 is 0 Å². The van der Waals surface area contributed by atoms with Crippen LogP contribution in [0, 0.1) is 11.6 Å². The number of hydrogen-bond donors (Lipinski definition) is 2. The number of rotatable bonds is 5. The minimum atomic E-state index is -4.15. The van der Waals surface area contributed by atoms with E-state index in [1.807, 2.05) is 35.9 Å². The molecule has 1 atom stereocenters. The fourth-order valence-electron chi connectivity index (χ4n) is 2.70. The smallest absolute Gasteiger partial charge is 0.240 e. The molecule has 8 heteroatoms. The maximum Gasteiger partial charge on any atom is 0.240 e. The number of nitrogens with one attached hydrogen (secondary N) is 1. The van der Waals surface area contributed by atoms with Gasteiger partial charge in [-0.3, -0.25) is 0 Å². The van der Waals surface area contributed by atoms with Crippen LogP contribution in [-0.4, -0.2) is 24.6 Å². The zero-order valence-corrected chi connectivity index (χ0v) is 14.1. The fraction of sp³-hybridized carbons (Fsp3) is 0.176. The van der Waals surface area contributed by atoms with Crippen molar-refractivity contribution in [3.63, 3.8) is 0 Å². The van der Waals surface area contributed by atoms with Gasteiger partial charge in [0.25, 0.3) is 0 Å². The Labute approximate surface area is 143 Å². The van der Waals surface area contributed by atoms with E-state index in [9.17, 15) is 22.3 Å². The number of aryl methyl sites for hydroxylation is 1. The normalized spacial score (nSPS) is 13.3. The van der Waals surface area contributed by atoms with Gasteiger partial charge in [0, 0.05) is 42.3 Å². The third-order valence-electron chi connectivity index (χ3n) is 3.90. The highest BCUT2D eigenvalue weighted by Crippen LogP contribution is 2.26. The van der Waals surface area contributed by atoms with E-state index in [4.69, 9.17) is 0 Å². The molecule has 1 aromatic heterocycles. The van der Waals surface area contributed by atoms with Crippen LogP contribution in [0.3, 0.4) is 0 Å². The largest absolute Gasteiger partial charge is 0.387 e. The van der Waals surface area contributed by atoms with Crippen molar-refractivity contribution in [3.05, 3.63) is 65.9 Å². The topological polar surface area (TPSA) is 71.3 Å². The van der Waals surface area contributed by atoms with Gasteiger partial charge in [-0.2, -0.15) is 0 Å². The molecule has 2 N–H and O–H groups in total. The van der Waals surface area contributed by atoms with Crippen molar-refractivity contribution in [2.24, 2.45) is 7.05 Å². The lowest BCUT2D eigenvalue weighted by molar-refractivity contribution is 0.183. The standard InChI is InChI=1S/C17H16F2N2O3S/c1-21-10-15(14-4-2-3-5-16(14)21)17(22)9-20-25(23,24)13-7-11(18)6-12(19)8-13/h2-8,10,17,20,22H,9H2,1H3. The van der Waals surface area contributed by atoms with E-state index in [1.54, 1.807) is 6.20 Å². The zero-order valence-electron chi connectivity index (χ0n) is 13.3. The maximum atomic E-state index is 13.2. The van der Waals surface area contributed by atoms with Gasteiger partial charge in [-0.25, -0.2) is 21.9 Å². The summed E-state index contributed by atoms with van der Waals surface area (Å²) in [7, 11) is -2.33. The Kier molecular flexibility index (Phi) is 4.59. The van der Waals surface area contributed by atoms with E-state index in [2.05, 4.69) is 4.72 Å². The minimum absolute atomic E-state index is 0.325. The maximum absolute atomic E-state index is 13.2. The summed E-state index contributed by atoms with van der Waals surface area (Å²) < 4.78 is 54.8. The summed E-state index contributed by atoms with van der Waals surface area (Å²) in [6.45, 7) is -0.325. The Balaban J connectivity index is 1.82. The van der Waals surface area contributed by atoms with Crippen LogP contribution in [0.15, 0.2) is 53.6 Å². The summed E-state index contributed by atoms with van der Waals surface area (Å²) in [6, 6.07) is 9.41. The molecule has 3 aromatic rings. The summed E-state index contributed by atoms with van der Waals surface area (Å²) in [5.41, 5.74) is 1.46. The molecule has 0 saturated carbocycles. The number of fused-ring (bicyclic) bond motifs is 1. The molecule has 0 amide bonds. The molecule has 5 nitrogen and oxygen atoms in total. The molecule has 0 spiro atoms. The number of benzene rings is 2. The van der Waals surface area contributed by atoms with Crippen LogP contribution in [0.5, 0.6) is 0 Å². The number of sulfonamides is 1. The van der Waals surface area contributed by atoms with Crippen molar-refractivity contribution < 1.29 is 22.3 Å². The van der Waals surface area contributed by atoms with E-state index in [1.165, 1.54) is 0 Å². The van der Waals surface area contributed by atoms with E-state index in [-0.39, 0.29) is 6.54 Å². The first kappa shape index (κ1) is 17.5. The summed E-state index contributed by atoms with van der Waals surface area (Å²) >= 11 is 0. The lowest BCUT2D eigenvalue weighted by Crippen LogP contribution is -2.28. The van der Waals surface area contributed by atoms with Crippen LogP contribution in [0.25, 0.3) is 10.9 Å². The predicted molar refractivity (Wildman–Crippen MR) is 89.4 cm³/mol. The number of nitrogens with zero attached hydrogens (tertiary/aromatic N) is 1. The molecule has 0 radical (unpaired) electrons. The Morgan fingerprint density at radius 2 is 1.80 bits per heavy atom. The Morgan fingerprint density at radius 1 is 1.16 bits per heavy atom. The van der Waals surface area contributed by atoms with Crippen LogP contribution in [-0.2, 0) is 17.1 Å². The molecule has 0 saturated heterocycles. The Morgan fingerprint density at radius 3 is 2.48 bits per heavy atom. The number of halogens is 2. The second kappa shape index (κ2) is 6.55. The summed E-state index contributed by atoms with van der Waals surface area (Å²) in [4.78, 5) is -0.532. The molecule has 0 fully saturated rings. The average molecular weight is 366 g/mol. The van der Waals surface area contributed by atoms with Crippen molar-refractivity contribution >= 4 is 20.9 Å². The summed E-state index contributed by atoms with van der Waals surface area (Å²) in [5, 5.41) is 11.2. The fourth-order valence-corrected chi connectivity index (χ4v) is 3.78. The van der Waals surface area contributed by atoms with Gasteiger partial charge in [0.1, 0.15) is 11.6 Å². The van der Waals surface area contributed by atoms with Gasteiger partial charge in [-0.1, -0.05) is 18.2 Å². The average Bonchev–Trinajstić information content (AvgIpc) is 2.89. The van der Waals surface area contributed by atoms with Gasteiger partial charge in [0.15, 0.2) is 0 Å².